The van der Waals surface area contributed by atoms with Crippen molar-refractivity contribution < 1.29 is 9.90 Å². The number of hydrogen-bond donors (Lipinski definition) is 2. The molecular formula is C13H11N3O2S. The van der Waals surface area contributed by atoms with Gasteiger partial charge in [-0.15, -0.1) is 11.3 Å². The molecule has 0 spiro atoms. The Morgan fingerprint density at radius 1 is 1.58 bits per heavy atom. The quantitative estimate of drug-likeness (QED) is 0.894. The predicted octanol–water partition coefficient (Wildman–Crippen LogP) is 2.63. The number of nitrogens with one attached hydrogen (secondary N) is 1. The van der Waals surface area contributed by atoms with Gasteiger partial charge in [-0.3, -0.25) is 0 Å². The fraction of sp³-hybridized carbons (Fsp3) is 0.154. The summed E-state index contributed by atoms with van der Waals surface area (Å²) in [5, 5.41) is 21.3. The summed E-state index contributed by atoms with van der Waals surface area (Å²) in [6, 6.07) is 9.30. The highest BCUT2D eigenvalue weighted by Crippen LogP contribution is 2.22. The topological polar surface area (TPSA) is 86.0 Å². The van der Waals surface area contributed by atoms with Crippen LogP contribution in [0.15, 0.2) is 24.3 Å². The second-order valence-electron chi connectivity index (χ2n) is 3.89. The number of nitrogens with zero attached hydrogens (tertiary/aromatic N) is 2. The summed E-state index contributed by atoms with van der Waals surface area (Å²) >= 11 is 1.30. The van der Waals surface area contributed by atoms with Crippen LogP contribution in [0.4, 0.5) is 5.13 Å². The Labute approximate surface area is 114 Å². The van der Waals surface area contributed by atoms with Crippen molar-refractivity contribution in [3.8, 4) is 6.07 Å². The van der Waals surface area contributed by atoms with E-state index in [4.69, 9.17) is 10.4 Å². The van der Waals surface area contributed by atoms with Gasteiger partial charge in [0.2, 0.25) is 0 Å². The molecule has 5 nitrogen and oxygen atoms in total. The van der Waals surface area contributed by atoms with Crippen molar-refractivity contribution in [3.05, 3.63) is 46.0 Å². The number of thiazole rings is 1. The first-order valence-electron chi connectivity index (χ1n) is 5.54. The third-order valence-corrected chi connectivity index (χ3v) is 3.43. The van der Waals surface area contributed by atoms with Gasteiger partial charge in [-0.2, -0.15) is 5.26 Å². The predicted molar refractivity (Wildman–Crippen MR) is 72.3 cm³/mol. The molecule has 0 atom stereocenters. The zero-order chi connectivity index (χ0) is 13.8. The normalized spacial score (nSPS) is 9.89. The Balaban J connectivity index is 2.08. The van der Waals surface area contributed by atoms with E-state index in [1.807, 2.05) is 12.1 Å². The zero-order valence-corrected chi connectivity index (χ0v) is 11.0. The Kier molecular flexibility index (Phi) is 3.78. The molecule has 2 N–H and O–H groups in total. The van der Waals surface area contributed by atoms with Gasteiger partial charge in [-0.1, -0.05) is 12.1 Å². The van der Waals surface area contributed by atoms with Gasteiger partial charge in [0.05, 0.1) is 11.6 Å². The van der Waals surface area contributed by atoms with Crippen LogP contribution in [-0.2, 0) is 6.54 Å². The molecule has 19 heavy (non-hydrogen) atoms. The molecule has 1 aromatic carbocycles. The van der Waals surface area contributed by atoms with Crippen LogP contribution in [0, 0.1) is 18.3 Å². The maximum atomic E-state index is 10.9. The number of aromatic carboxylic acids is 1. The number of anilines is 1. The van der Waals surface area contributed by atoms with Crippen LogP contribution >= 0.6 is 11.3 Å². The number of aromatic nitrogens is 1. The van der Waals surface area contributed by atoms with Crippen molar-refractivity contribution in [1.82, 2.24) is 4.98 Å². The smallest absolute Gasteiger partial charge is 0.355 e. The zero-order valence-electron chi connectivity index (χ0n) is 10.2. The Morgan fingerprint density at radius 2 is 2.37 bits per heavy atom. The van der Waals surface area contributed by atoms with Gasteiger partial charge in [0, 0.05) is 11.4 Å². The molecule has 0 bridgehead atoms. The average molecular weight is 273 g/mol. The number of carbonyl (C=O) groups is 1. The summed E-state index contributed by atoms with van der Waals surface area (Å²) in [6.07, 6.45) is 0. The van der Waals surface area contributed by atoms with E-state index in [2.05, 4.69) is 16.4 Å². The number of benzene rings is 1. The van der Waals surface area contributed by atoms with Gasteiger partial charge in [-0.05, 0) is 24.6 Å². The summed E-state index contributed by atoms with van der Waals surface area (Å²) < 4.78 is 0. The number of carboxylic acid groups (broad SMARTS) is 1. The molecule has 0 unspecified atom stereocenters. The van der Waals surface area contributed by atoms with Crippen LogP contribution in [0.3, 0.4) is 0 Å². The van der Waals surface area contributed by atoms with Crippen LogP contribution in [0.1, 0.15) is 26.5 Å². The van der Waals surface area contributed by atoms with Crippen molar-refractivity contribution in [2.75, 3.05) is 5.32 Å². The van der Waals surface area contributed by atoms with Crippen LogP contribution in [-0.4, -0.2) is 16.1 Å². The van der Waals surface area contributed by atoms with E-state index in [1.165, 1.54) is 11.3 Å². The van der Waals surface area contributed by atoms with Crippen LogP contribution in [0.25, 0.3) is 0 Å². The average Bonchev–Trinajstić information content (AvgIpc) is 2.78. The van der Waals surface area contributed by atoms with Crippen molar-refractivity contribution in [3.63, 3.8) is 0 Å². The second-order valence-corrected chi connectivity index (χ2v) is 5.10. The number of rotatable bonds is 4. The molecule has 6 heteroatoms. The lowest BCUT2D eigenvalue weighted by Crippen LogP contribution is -2.01. The van der Waals surface area contributed by atoms with E-state index in [0.717, 1.165) is 5.56 Å². The van der Waals surface area contributed by atoms with E-state index < -0.39 is 5.97 Å². The van der Waals surface area contributed by atoms with E-state index in [-0.39, 0.29) is 5.69 Å². The minimum absolute atomic E-state index is 0.0817. The third kappa shape index (κ3) is 3.09. The molecule has 2 rings (SSSR count). The molecule has 0 saturated heterocycles. The van der Waals surface area contributed by atoms with Crippen LogP contribution in [0.5, 0.6) is 0 Å². The molecule has 0 radical (unpaired) electrons. The molecule has 0 amide bonds. The number of nitriles is 1. The Hall–Kier alpha value is -2.39. The monoisotopic (exact) mass is 273 g/mol. The largest absolute Gasteiger partial charge is 0.476 e. The summed E-state index contributed by atoms with van der Waals surface area (Å²) in [6.45, 7) is 2.23. The fourth-order valence-electron chi connectivity index (χ4n) is 1.60. The summed E-state index contributed by atoms with van der Waals surface area (Å²) in [4.78, 5) is 15.6. The highest BCUT2D eigenvalue weighted by atomic mass is 32.1. The van der Waals surface area contributed by atoms with E-state index in [1.54, 1.807) is 19.1 Å². The SMILES string of the molecule is Cc1sc(NCc2cccc(C#N)c2)nc1C(=O)O. The second kappa shape index (κ2) is 5.50. The van der Waals surface area contributed by atoms with Crippen molar-refractivity contribution in [2.24, 2.45) is 0 Å². The first kappa shape index (κ1) is 13.1. The first-order valence-corrected chi connectivity index (χ1v) is 6.35. The third-order valence-electron chi connectivity index (χ3n) is 2.50. The molecule has 2 aromatic rings. The lowest BCUT2D eigenvalue weighted by Gasteiger charge is -2.02. The molecule has 0 saturated carbocycles. The Bertz CT molecular complexity index is 658. The maximum absolute atomic E-state index is 10.9. The van der Waals surface area contributed by atoms with Gasteiger partial charge in [-0.25, -0.2) is 9.78 Å². The van der Waals surface area contributed by atoms with E-state index in [9.17, 15) is 4.79 Å². The fourth-order valence-corrected chi connectivity index (χ4v) is 2.40. The minimum Gasteiger partial charge on any atom is -0.476 e. The number of hydrogen-bond acceptors (Lipinski definition) is 5. The molecule has 0 fully saturated rings. The molecule has 96 valence electrons. The summed E-state index contributed by atoms with van der Waals surface area (Å²) in [7, 11) is 0. The molecule has 1 aromatic heterocycles. The highest BCUT2D eigenvalue weighted by molar-refractivity contribution is 7.15. The van der Waals surface area contributed by atoms with Gasteiger partial charge in [0.25, 0.3) is 0 Å². The first-order chi connectivity index (χ1) is 9.10. The molecule has 0 aliphatic rings. The van der Waals surface area contributed by atoms with E-state index in [0.29, 0.717) is 22.1 Å². The highest BCUT2D eigenvalue weighted by Gasteiger charge is 2.13. The Morgan fingerprint density at radius 3 is 3.00 bits per heavy atom. The van der Waals surface area contributed by atoms with Crippen LogP contribution in [0.2, 0.25) is 0 Å². The van der Waals surface area contributed by atoms with Crippen molar-refractivity contribution >= 4 is 22.4 Å². The van der Waals surface area contributed by atoms with Crippen molar-refractivity contribution in [2.45, 2.75) is 13.5 Å². The lowest BCUT2D eigenvalue weighted by atomic mass is 10.1. The molecule has 0 aliphatic heterocycles. The summed E-state index contributed by atoms with van der Waals surface area (Å²) in [5.74, 6) is -1.02. The number of carboxylic acids is 1. The maximum Gasteiger partial charge on any atom is 0.355 e. The van der Waals surface area contributed by atoms with Gasteiger partial charge < -0.3 is 10.4 Å². The standard InChI is InChI=1S/C13H11N3O2S/c1-8-11(12(17)18)16-13(19-8)15-7-10-4-2-3-9(5-10)6-14/h2-5H,7H2,1H3,(H,15,16)(H,17,18). The van der Waals surface area contributed by atoms with Gasteiger partial charge in [0.15, 0.2) is 10.8 Å². The van der Waals surface area contributed by atoms with Gasteiger partial charge in [0.1, 0.15) is 0 Å². The molecule has 1 heterocycles. The van der Waals surface area contributed by atoms with Crippen molar-refractivity contribution in [1.29, 1.82) is 5.26 Å². The molecular weight excluding hydrogens is 262 g/mol. The van der Waals surface area contributed by atoms with Gasteiger partial charge >= 0.3 is 5.97 Å². The minimum atomic E-state index is -1.02. The lowest BCUT2D eigenvalue weighted by molar-refractivity contribution is 0.0690. The van der Waals surface area contributed by atoms with Crippen LogP contribution < -0.4 is 5.32 Å². The number of aryl methyl sites for hydroxylation is 1. The summed E-state index contributed by atoms with van der Waals surface area (Å²) in [5.41, 5.74) is 1.63. The van der Waals surface area contributed by atoms with E-state index >= 15 is 0 Å². The molecule has 0 aliphatic carbocycles.